The van der Waals surface area contributed by atoms with Gasteiger partial charge in [0.2, 0.25) is 0 Å². The SMILES string of the molecule is CCCCCCCC/C=C/CCCCCC[C@@H](O)O[C@@H](CO)CO[C@H](O)CCCCCCCCCCCCCC. The van der Waals surface area contributed by atoms with Crippen LogP contribution in [0.25, 0.3) is 0 Å². The van der Waals surface area contributed by atoms with Crippen LogP contribution in [0.1, 0.15) is 181 Å². The average Bonchev–Trinajstić information content (AvgIpc) is 2.96. The second kappa shape index (κ2) is 33.0. The van der Waals surface area contributed by atoms with E-state index in [1.807, 2.05) is 0 Å². The molecule has 0 radical (unpaired) electrons. The minimum atomic E-state index is -0.897. The highest BCUT2D eigenvalue weighted by Crippen LogP contribution is 2.15. The maximum Gasteiger partial charge on any atom is 0.155 e. The lowest BCUT2D eigenvalue weighted by Gasteiger charge is -2.21. The molecule has 0 rings (SSSR count). The molecular formula is C35H70O5. The summed E-state index contributed by atoms with van der Waals surface area (Å²) in [5.74, 6) is 0. The van der Waals surface area contributed by atoms with Crippen LogP contribution in [0, 0.1) is 0 Å². The Labute approximate surface area is 249 Å². The maximum absolute atomic E-state index is 10.2. The van der Waals surface area contributed by atoms with Crippen molar-refractivity contribution in [3.05, 3.63) is 12.2 Å². The lowest BCUT2D eigenvalue weighted by atomic mass is 10.0. The first-order chi connectivity index (χ1) is 19.6. The van der Waals surface area contributed by atoms with Gasteiger partial charge in [0, 0.05) is 0 Å². The van der Waals surface area contributed by atoms with Gasteiger partial charge >= 0.3 is 0 Å². The van der Waals surface area contributed by atoms with Crippen LogP contribution in [0.3, 0.4) is 0 Å². The third-order valence-corrected chi connectivity index (χ3v) is 7.80. The Morgan fingerprint density at radius 3 is 1.30 bits per heavy atom. The molecular weight excluding hydrogens is 500 g/mol. The number of hydrogen-bond donors (Lipinski definition) is 3. The molecule has 0 amide bonds. The van der Waals surface area contributed by atoms with E-state index in [2.05, 4.69) is 26.0 Å². The third kappa shape index (κ3) is 30.5. The minimum absolute atomic E-state index is 0.0953. The van der Waals surface area contributed by atoms with Gasteiger partial charge in [-0.25, -0.2) is 0 Å². The van der Waals surface area contributed by atoms with E-state index in [1.54, 1.807) is 0 Å². The summed E-state index contributed by atoms with van der Waals surface area (Å²) in [6, 6.07) is 0. The van der Waals surface area contributed by atoms with Gasteiger partial charge in [0.15, 0.2) is 12.6 Å². The number of aliphatic hydroxyl groups excluding tert-OH is 3. The highest BCUT2D eigenvalue weighted by Gasteiger charge is 2.16. The van der Waals surface area contributed by atoms with Crippen molar-refractivity contribution in [2.45, 2.75) is 199 Å². The fourth-order valence-electron chi connectivity index (χ4n) is 5.10. The van der Waals surface area contributed by atoms with Crippen molar-refractivity contribution in [1.82, 2.24) is 0 Å². The fourth-order valence-corrected chi connectivity index (χ4v) is 5.10. The van der Waals surface area contributed by atoms with Crippen LogP contribution in [-0.4, -0.2) is 47.2 Å². The van der Waals surface area contributed by atoms with Crippen LogP contribution in [-0.2, 0) is 9.47 Å². The van der Waals surface area contributed by atoms with Crippen molar-refractivity contribution in [3.8, 4) is 0 Å². The van der Waals surface area contributed by atoms with Crippen LogP contribution >= 0.6 is 0 Å². The van der Waals surface area contributed by atoms with E-state index in [4.69, 9.17) is 9.47 Å². The van der Waals surface area contributed by atoms with E-state index >= 15 is 0 Å². The van der Waals surface area contributed by atoms with Gasteiger partial charge in [-0.2, -0.15) is 0 Å². The third-order valence-electron chi connectivity index (χ3n) is 7.80. The molecule has 5 nitrogen and oxygen atoms in total. The number of unbranched alkanes of at least 4 members (excludes halogenated alkanes) is 21. The number of allylic oxidation sites excluding steroid dienone is 2. The topological polar surface area (TPSA) is 79.2 Å². The number of hydrogen-bond acceptors (Lipinski definition) is 5. The van der Waals surface area contributed by atoms with Gasteiger partial charge in [-0.15, -0.1) is 0 Å². The van der Waals surface area contributed by atoms with Crippen LogP contribution in [0.15, 0.2) is 12.2 Å². The van der Waals surface area contributed by atoms with Gasteiger partial charge in [0.25, 0.3) is 0 Å². The largest absolute Gasteiger partial charge is 0.394 e. The summed E-state index contributed by atoms with van der Waals surface area (Å²) in [5, 5.41) is 29.8. The van der Waals surface area contributed by atoms with Crippen molar-refractivity contribution >= 4 is 0 Å². The molecule has 3 N–H and O–H groups in total. The summed E-state index contributed by atoms with van der Waals surface area (Å²) in [4.78, 5) is 0. The highest BCUT2D eigenvalue weighted by molar-refractivity contribution is 4.81. The standard InChI is InChI=1S/C35H70O5/c1-3-5-7-9-11-13-15-17-18-20-22-24-26-28-30-35(38)40-33(31-36)32-39-34(37)29-27-25-23-21-19-16-14-12-10-8-6-4-2/h17-18,33-38H,3-16,19-32H2,1-2H3/b18-17+/t33-,34-,35-/m0/s1. The summed E-state index contributed by atoms with van der Waals surface area (Å²) in [7, 11) is 0. The lowest BCUT2D eigenvalue weighted by Crippen LogP contribution is -2.31. The smallest absolute Gasteiger partial charge is 0.155 e. The molecule has 0 aliphatic rings. The average molecular weight is 571 g/mol. The Balaban J connectivity index is 3.56. The molecule has 0 saturated heterocycles. The first-order valence-electron chi connectivity index (χ1n) is 17.5. The van der Waals surface area contributed by atoms with E-state index in [9.17, 15) is 15.3 Å². The van der Waals surface area contributed by atoms with Crippen molar-refractivity contribution in [2.75, 3.05) is 13.2 Å². The van der Waals surface area contributed by atoms with E-state index in [1.165, 1.54) is 116 Å². The number of aliphatic hydroxyl groups is 3. The van der Waals surface area contributed by atoms with Gasteiger partial charge in [-0.1, -0.05) is 142 Å². The van der Waals surface area contributed by atoms with Crippen molar-refractivity contribution in [2.24, 2.45) is 0 Å². The summed E-state index contributed by atoms with van der Waals surface area (Å²) in [6.45, 7) is 4.39. The molecule has 0 fully saturated rings. The van der Waals surface area contributed by atoms with Crippen LogP contribution < -0.4 is 0 Å². The molecule has 0 aromatic rings. The van der Waals surface area contributed by atoms with E-state index in [-0.39, 0.29) is 13.2 Å². The lowest BCUT2D eigenvalue weighted by molar-refractivity contribution is -0.191. The molecule has 0 aromatic carbocycles. The molecule has 0 spiro atoms. The summed E-state index contributed by atoms with van der Waals surface area (Å²) >= 11 is 0. The number of rotatable bonds is 33. The normalized spacial score (nSPS) is 14.2. The van der Waals surface area contributed by atoms with Crippen LogP contribution in [0.2, 0.25) is 0 Å². The predicted molar refractivity (Wildman–Crippen MR) is 170 cm³/mol. The van der Waals surface area contributed by atoms with E-state index in [0.29, 0.717) is 12.8 Å². The van der Waals surface area contributed by atoms with Gasteiger partial charge in [0.05, 0.1) is 13.2 Å². The molecule has 0 saturated carbocycles. The van der Waals surface area contributed by atoms with Gasteiger partial charge < -0.3 is 24.8 Å². The molecule has 240 valence electrons. The molecule has 0 aliphatic carbocycles. The van der Waals surface area contributed by atoms with Gasteiger partial charge in [-0.3, -0.25) is 0 Å². The maximum atomic E-state index is 10.2. The van der Waals surface area contributed by atoms with Crippen LogP contribution in [0.4, 0.5) is 0 Å². The minimum Gasteiger partial charge on any atom is -0.394 e. The first-order valence-corrected chi connectivity index (χ1v) is 17.5. The molecule has 5 heteroatoms. The predicted octanol–water partition coefficient (Wildman–Crippen LogP) is 9.76. The highest BCUT2D eigenvalue weighted by atomic mass is 16.6. The zero-order valence-electron chi connectivity index (χ0n) is 26.8. The summed E-state index contributed by atoms with van der Waals surface area (Å²) < 4.78 is 11.0. The Morgan fingerprint density at radius 2 is 0.875 bits per heavy atom. The van der Waals surface area contributed by atoms with Crippen molar-refractivity contribution < 1.29 is 24.8 Å². The second-order valence-corrected chi connectivity index (χ2v) is 11.9. The molecule has 3 atom stereocenters. The van der Waals surface area contributed by atoms with Gasteiger partial charge in [-0.05, 0) is 51.4 Å². The Hall–Kier alpha value is -0.460. The second-order valence-electron chi connectivity index (χ2n) is 11.9. The van der Waals surface area contributed by atoms with Crippen molar-refractivity contribution in [3.63, 3.8) is 0 Å². The van der Waals surface area contributed by atoms with E-state index in [0.717, 1.165) is 38.5 Å². The van der Waals surface area contributed by atoms with E-state index < -0.39 is 18.7 Å². The zero-order valence-corrected chi connectivity index (χ0v) is 26.8. The molecule has 0 unspecified atom stereocenters. The van der Waals surface area contributed by atoms with Crippen molar-refractivity contribution in [1.29, 1.82) is 0 Å². The summed E-state index contributed by atoms with van der Waals surface area (Å²) in [5.41, 5.74) is 0. The Bertz CT molecular complexity index is 498. The van der Waals surface area contributed by atoms with Gasteiger partial charge in [0.1, 0.15) is 6.10 Å². The molecule has 0 aliphatic heterocycles. The first kappa shape index (κ1) is 39.5. The fraction of sp³-hybridized carbons (Fsp3) is 0.943. The number of ether oxygens (including phenoxy) is 2. The Kier molecular flexibility index (Phi) is 32.7. The monoisotopic (exact) mass is 571 g/mol. The molecule has 0 bridgehead atoms. The molecule has 40 heavy (non-hydrogen) atoms. The molecule has 0 aromatic heterocycles. The zero-order chi connectivity index (χ0) is 29.4. The quantitative estimate of drug-likeness (QED) is 0.0416. The Morgan fingerprint density at radius 1 is 0.500 bits per heavy atom. The summed E-state index contributed by atoms with van der Waals surface area (Å²) in [6.07, 6.45) is 33.8. The molecule has 0 heterocycles. The van der Waals surface area contributed by atoms with Crippen LogP contribution in [0.5, 0.6) is 0 Å².